The standard InChI is InChI=1S/C14H10ClN3OS/c15-11-4-2-10(3-5-11)13-18-12(8-19-13)9-20-14-16-6-1-7-17-14/h1-8H,9H2. The minimum absolute atomic E-state index is 0.589. The Hall–Kier alpha value is -1.85. The summed E-state index contributed by atoms with van der Waals surface area (Å²) in [6, 6.07) is 9.18. The average Bonchev–Trinajstić information content (AvgIpc) is 2.96. The van der Waals surface area contributed by atoms with Crippen LogP contribution in [-0.4, -0.2) is 15.0 Å². The fourth-order valence-corrected chi connectivity index (χ4v) is 2.40. The molecule has 100 valence electrons. The zero-order chi connectivity index (χ0) is 13.8. The first-order chi connectivity index (χ1) is 9.81. The van der Waals surface area contributed by atoms with E-state index in [1.54, 1.807) is 24.7 Å². The molecule has 0 aliphatic carbocycles. The van der Waals surface area contributed by atoms with Gasteiger partial charge >= 0.3 is 0 Å². The lowest BCUT2D eigenvalue weighted by Crippen LogP contribution is -1.86. The van der Waals surface area contributed by atoms with Crippen molar-refractivity contribution in [3.63, 3.8) is 0 Å². The molecule has 2 aromatic heterocycles. The Bertz CT molecular complexity index is 685. The van der Waals surface area contributed by atoms with Gasteiger partial charge in [-0.15, -0.1) is 0 Å². The van der Waals surface area contributed by atoms with E-state index in [0.717, 1.165) is 16.4 Å². The molecule has 3 aromatic rings. The first kappa shape index (κ1) is 13.1. The van der Waals surface area contributed by atoms with Crippen molar-refractivity contribution in [2.75, 3.05) is 0 Å². The van der Waals surface area contributed by atoms with Crippen molar-refractivity contribution in [3.05, 3.63) is 59.7 Å². The molecule has 20 heavy (non-hydrogen) atoms. The highest BCUT2D eigenvalue weighted by atomic mass is 35.5. The minimum Gasteiger partial charge on any atom is -0.444 e. The van der Waals surface area contributed by atoms with Crippen molar-refractivity contribution in [2.45, 2.75) is 10.9 Å². The second-order valence-corrected chi connectivity index (χ2v) is 5.35. The van der Waals surface area contributed by atoms with E-state index in [4.69, 9.17) is 16.0 Å². The molecule has 0 atom stereocenters. The van der Waals surface area contributed by atoms with Gasteiger partial charge < -0.3 is 4.42 Å². The summed E-state index contributed by atoms with van der Waals surface area (Å²) in [5, 5.41) is 1.42. The number of nitrogens with zero attached hydrogens (tertiary/aromatic N) is 3. The first-order valence-electron chi connectivity index (χ1n) is 5.91. The van der Waals surface area contributed by atoms with Gasteiger partial charge in [0.25, 0.3) is 0 Å². The van der Waals surface area contributed by atoms with E-state index in [9.17, 15) is 0 Å². The van der Waals surface area contributed by atoms with Crippen LogP contribution < -0.4 is 0 Å². The van der Waals surface area contributed by atoms with Gasteiger partial charge in [-0.3, -0.25) is 0 Å². The Morgan fingerprint density at radius 2 is 1.85 bits per heavy atom. The first-order valence-corrected chi connectivity index (χ1v) is 7.28. The molecule has 0 aliphatic heterocycles. The van der Waals surface area contributed by atoms with Gasteiger partial charge in [-0.25, -0.2) is 15.0 Å². The van der Waals surface area contributed by atoms with Crippen molar-refractivity contribution in [3.8, 4) is 11.5 Å². The normalized spacial score (nSPS) is 10.7. The molecule has 6 heteroatoms. The van der Waals surface area contributed by atoms with Crippen LogP contribution in [0.1, 0.15) is 5.69 Å². The Balaban J connectivity index is 1.69. The highest BCUT2D eigenvalue weighted by molar-refractivity contribution is 7.98. The second kappa shape index (κ2) is 6.07. The van der Waals surface area contributed by atoms with Crippen LogP contribution in [0.25, 0.3) is 11.5 Å². The molecule has 0 bridgehead atoms. The molecule has 1 aromatic carbocycles. The number of rotatable bonds is 4. The van der Waals surface area contributed by atoms with Gasteiger partial charge in [0.1, 0.15) is 6.26 Å². The van der Waals surface area contributed by atoms with Crippen LogP contribution in [0.2, 0.25) is 5.02 Å². The SMILES string of the molecule is Clc1ccc(-c2nc(CSc3ncccn3)co2)cc1. The van der Waals surface area contributed by atoms with E-state index < -0.39 is 0 Å². The molecule has 0 fully saturated rings. The summed E-state index contributed by atoms with van der Waals surface area (Å²) < 4.78 is 5.47. The topological polar surface area (TPSA) is 51.8 Å². The van der Waals surface area contributed by atoms with E-state index in [1.165, 1.54) is 11.8 Å². The molecular weight excluding hydrogens is 294 g/mol. The highest BCUT2D eigenvalue weighted by Gasteiger charge is 2.07. The van der Waals surface area contributed by atoms with Crippen LogP contribution in [0.3, 0.4) is 0 Å². The third-order valence-electron chi connectivity index (χ3n) is 2.53. The van der Waals surface area contributed by atoms with Gasteiger partial charge in [-0.05, 0) is 30.3 Å². The Labute approximate surface area is 125 Å². The number of hydrogen-bond donors (Lipinski definition) is 0. The number of benzene rings is 1. The maximum absolute atomic E-state index is 5.85. The number of thioether (sulfide) groups is 1. The van der Waals surface area contributed by atoms with Crippen molar-refractivity contribution in [1.82, 2.24) is 15.0 Å². The Morgan fingerprint density at radius 3 is 2.60 bits per heavy atom. The van der Waals surface area contributed by atoms with Gasteiger partial charge in [-0.2, -0.15) is 0 Å². The summed E-state index contributed by atoms with van der Waals surface area (Å²) in [7, 11) is 0. The van der Waals surface area contributed by atoms with Crippen LogP contribution in [0, 0.1) is 0 Å². The van der Waals surface area contributed by atoms with Crippen molar-refractivity contribution >= 4 is 23.4 Å². The number of aromatic nitrogens is 3. The minimum atomic E-state index is 0.589. The predicted octanol–water partition coefficient (Wildman–Crippen LogP) is 4.08. The molecule has 0 aliphatic rings. The fraction of sp³-hybridized carbons (Fsp3) is 0.0714. The van der Waals surface area contributed by atoms with Crippen LogP contribution in [0.4, 0.5) is 0 Å². The third-order valence-corrected chi connectivity index (χ3v) is 3.70. The van der Waals surface area contributed by atoms with Gasteiger partial charge in [0.2, 0.25) is 5.89 Å². The maximum Gasteiger partial charge on any atom is 0.226 e. The largest absolute Gasteiger partial charge is 0.444 e. The fourth-order valence-electron chi connectivity index (χ4n) is 1.60. The van der Waals surface area contributed by atoms with Crippen molar-refractivity contribution in [2.24, 2.45) is 0 Å². The number of halogens is 1. The monoisotopic (exact) mass is 303 g/mol. The third kappa shape index (κ3) is 3.18. The highest BCUT2D eigenvalue weighted by Crippen LogP contribution is 2.23. The maximum atomic E-state index is 5.85. The smallest absolute Gasteiger partial charge is 0.226 e. The van der Waals surface area contributed by atoms with E-state index in [2.05, 4.69) is 15.0 Å². The van der Waals surface area contributed by atoms with Crippen LogP contribution >= 0.6 is 23.4 Å². The zero-order valence-corrected chi connectivity index (χ0v) is 11.9. The summed E-state index contributed by atoms with van der Waals surface area (Å²) in [6.45, 7) is 0. The van der Waals surface area contributed by atoms with E-state index in [0.29, 0.717) is 16.7 Å². The quantitative estimate of drug-likeness (QED) is 0.537. The summed E-state index contributed by atoms with van der Waals surface area (Å²) in [5.74, 6) is 1.26. The molecule has 0 unspecified atom stereocenters. The summed E-state index contributed by atoms with van der Waals surface area (Å²) in [5.41, 5.74) is 1.76. The molecule has 0 spiro atoms. The van der Waals surface area contributed by atoms with Crippen LogP contribution in [-0.2, 0) is 5.75 Å². The summed E-state index contributed by atoms with van der Waals surface area (Å²) in [6.07, 6.45) is 5.09. The number of hydrogen-bond acceptors (Lipinski definition) is 5. The predicted molar refractivity (Wildman–Crippen MR) is 78.5 cm³/mol. The van der Waals surface area contributed by atoms with E-state index in [1.807, 2.05) is 24.3 Å². The lowest BCUT2D eigenvalue weighted by atomic mass is 10.2. The molecule has 0 N–H and O–H groups in total. The van der Waals surface area contributed by atoms with Crippen LogP contribution in [0.5, 0.6) is 0 Å². The van der Waals surface area contributed by atoms with Crippen molar-refractivity contribution < 1.29 is 4.42 Å². The second-order valence-electron chi connectivity index (χ2n) is 3.97. The molecule has 2 heterocycles. The molecule has 3 rings (SSSR count). The van der Waals surface area contributed by atoms with Crippen molar-refractivity contribution in [1.29, 1.82) is 0 Å². The Morgan fingerprint density at radius 1 is 1.10 bits per heavy atom. The molecular formula is C14H10ClN3OS. The molecule has 0 radical (unpaired) electrons. The van der Waals surface area contributed by atoms with E-state index >= 15 is 0 Å². The Kier molecular flexibility index (Phi) is 3.99. The number of oxazole rings is 1. The zero-order valence-electron chi connectivity index (χ0n) is 10.4. The summed E-state index contributed by atoms with van der Waals surface area (Å²) >= 11 is 7.37. The lowest BCUT2D eigenvalue weighted by molar-refractivity contribution is 0.573. The van der Waals surface area contributed by atoms with Gasteiger partial charge in [0.05, 0.1) is 5.69 Å². The molecule has 4 nitrogen and oxygen atoms in total. The lowest BCUT2D eigenvalue weighted by Gasteiger charge is -1.96. The molecule has 0 saturated carbocycles. The average molecular weight is 304 g/mol. The van der Waals surface area contributed by atoms with Gasteiger partial charge in [-0.1, -0.05) is 23.4 Å². The van der Waals surface area contributed by atoms with E-state index in [-0.39, 0.29) is 0 Å². The molecule has 0 amide bonds. The molecule has 0 saturated heterocycles. The van der Waals surface area contributed by atoms with Gasteiger partial charge in [0.15, 0.2) is 5.16 Å². The van der Waals surface area contributed by atoms with Crippen LogP contribution in [0.15, 0.2) is 58.6 Å². The van der Waals surface area contributed by atoms with Gasteiger partial charge in [0, 0.05) is 28.7 Å². The summed E-state index contributed by atoms with van der Waals surface area (Å²) in [4.78, 5) is 12.7.